The fourth-order valence-electron chi connectivity index (χ4n) is 4.16. The molecule has 0 aliphatic heterocycles. The van der Waals surface area contributed by atoms with Crippen molar-refractivity contribution in [3.63, 3.8) is 0 Å². The number of nitrogens with one attached hydrogen (secondary N) is 1. The van der Waals surface area contributed by atoms with Gasteiger partial charge in [-0.25, -0.2) is 0 Å². The van der Waals surface area contributed by atoms with E-state index >= 15 is 0 Å². The monoisotopic (exact) mass is 469 g/mol. The molecule has 180 valence electrons. The Hall–Kier alpha value is -3.99. The Balaban J connectivity index is 1.69. The van der Waals surface area contributed by atoms with Gasteiger partial charge in [0, 0.05) is 34.3 Å². The summed E-state index contributed by atoms with van der Waals surface area (Å²) < 4.78 is 17.3. The first kappa shape index (κ1) is 24.1. The summed E-state index contributed by atoms with van der Waals surface area (Å²) in [5.74, 6) is 1.33. The zero-order valence-electron chi connectivity index (χ0n) is 20.9. The molecule has 0 aliphatic rings. The summed E-state index contributed by atoms with van der Waals surface area (Å²) in [5.41, 5.74) is 7.37. The van der Waals surface area contributed by atoms with Gasteiger partial charge in [0.15, 0.2) is 0 Å². The van der Waals surface area contributed by atoms with E-state index in [9.17, 15) is 4.79 Å². The summed E-state index contributed by atoms with van der Waals surface area (Å²) in [6, 6.07) is 17.8. The van der Waals surface area contributed by atoms with E-state index in [2.05, 4.69) is 11.4 Å². The van der Waals surface area contributed by atoms with Gasteiger partial charge in [-0.2, -0.15) is 0 Å². The van der Waals surface area contributed by atoms with Crippen LogP contribution in [0, 0.1) is 13.8 Å². The lowest BCUT2D eigenvalue weighted by molar-refractivity contribution is -0.111. The molecular weight excluding hydrogens is 438 g/mol. The van der Waals surface area contributed by atoms with Gasteiger partial charge < -0.3 is 19.2 Å². The molecule has 0 aliphatic carbocycles. The number of amides is 1. The summed E-state index contributed by atoms with van der Waals surface area (Å²) in [5, 5.41) is 3.94. The maximum absolute atomic E-state index is 12.8. The van der Waals surface area contributed by atoms with Crippen molar-refractivity contribution in [1.29, 1.82) is 0 Å². The van der Waals surface area contributed by atoms with Gasteiger partial charge in [-0.1, -0.05) is 29.8 Å². The Morgan fingerprint density at radius 3 is 2.40 bits per heavy atom. The molecule has 0 fully saturated rings. The van der Waals surface area contributed by atoms with E-state index in [1.807, 2.05) is 83.1 Å². The van der Waals surface area contributed by atoms with Crippen molar-refractivity contribution in [1.82, 2.24) is 0 Å². The third-order valence-electron chi connectivity index (χ3n) is 5.86. The smallest absolute Gasteiger partial charge is 0.248 e. The largest absolute Gasteiger partial charge is 0.494 e. The van der Waals surface area contributed by atoms with Crippen LogP contribution in [0.2, 0.25) is 0 Å². The molecule has 5 nitrogen and oxygen atoms in total. The first-order chi connectivity index (χ1) is 16.9. The van der Waals surface area contributed by atoms with Crippen LogP contribution in [0.5, 0.6) is 11.5 Å². The Morgan fingerprint density at radius 1 is 0.971 bits per heavy atom. The second kappa shape index (κ2) is 10.5. The van der Waals surface area contributed by atoms with Gasteiger partial charge in [0.05, 0.1) is 19.5 Å². The molecule has 4 aromatic rings. The molecule has 1 heterocycles. The first-order valence-corrected chi connectivity index (χ1v) is 11.9. The van der Waals surface area contributed by atoms with Gasteiger partial charge in [0.1, 0.15) is 17.1 Å². The molecule has 0 unspecified atom stereocenters. The minimum Gasteiger partial charge on any atom is -0.494 e. The van der Waals surface area contributed by atoms with Crippen LogP contribution in [0.4, 0.5) is 5.69 Å². The van der Waals surface area contributed by atoms with Crippen LogP contribution < -0.4 is 14.8 Å². The second-order valence-electron chi connectivity index (χ2n) is 8.52. The number of benzene rings is 3. The first-order valence-electron chi connectivity index (χ1n) is 11.9. The Morgan fingerprint density at radius 2 is 1.71 bits per heavy atom. The summed E-state index contributed by atoms with van der Waals surface area (Å²) >= 11 is 0. The van der Waals surface area contributed by atoms with Gasteiger partial charge >= 0.3 is 0 Å². The zero-order valence-corrected chi connectivity index (χ0v) is 20.9. The number of furan rings is 1. The lowest BCUT2D eigenvalue weighted by Crippen LogP contribution is -2.10. The van der Waals surface area contributed by atoms with Crippen LogP contribution in [0.1, 0.15) is 37.5 Å². The third kappa shape index (κ3) is 5.40. The number of carbonyl (C=O) groups is 1. The molecule has 5 heteroatoms. The number of rotatable bonds is 8. The molecule has 0 radical (unpaired) electrons. The van der Waals surface area contributed by atoms with Gasteiger partial charge in [0.25, 0.3) is 0 Å². The minimum absolute atomic E-state index is 0.184. The lowest BCUT2D eigenvalue weighted by Gasteiger charge is -2.12. The van der Waals surface area contributed by atoms with Gasteiger partial charge in [-0.3, -0.25) is 4.79 Å². The maximum atomic E-state index is 12.8. The number of fused-ring (bicyclic) bond motifs is 1. The molecule has 0 spiro atoms. The van der Waals surface area contributed by atoms with E-state index in [1.54, 1.807) is 12.3 Å². The number of carbonyl (C=O) groups excluding carboxylic acids is 1. The Bertz CT molecular complexity index is 1380. The molecule has 0 bridgehead atoms. The molecule has 1 N–H and O–H groups in total. The lowest BCUT2D eigenvalue weighted by atomic mass is 9.99. The van der Waals surface area contributed by atoms with Crippen molar-refractivity contribution in [2.24, 2.45) is 0 Å². The standard InChI is InChI=1S/C30H31NO4/c1-6-33-23-11-9-22(10-12-23)26-18-35-29-17-28(34-7-2)24(16-25(26)29)20(4)15-30(32)31-27-13-8-19(3)14-21(27)5/h8-18H,6-7H2,1-5H3,(H,31,32)/b20-15+. The van der Waals surface area contributed by atoms with Crippen LogP contribution in [0.15, 0.2) is 71.4 Å². The summed E-state index contributed by atoms with van der Waals surface area (Å²) in [6.07, 6.45) is 3.37. The molecule has 0 saturated heterocycles. The van der Waals surface area contributed by atoms with Crippen molar-refractivity contribution in [3.8, 4) is 22.6 Å². The molecule has 1 amide bonds. The number of anilines is 1. The number of hydrogen-bond acceptors (Lipinski definition) is 4. The molecular formula is C30H31NO4. The molecule has 4 rings (SSSR count). The second-order valence-corrected chi connectivity index (χ2v) is 8.52. The van der Waals surface area contributed by atoms with Gasteiger partial charge in [0.2, 0.25) is 5.91 Å². The van der Waals surface area contributed by atoms with Crippen molar-refractivity contribution in [3.05, 3.63) is 83.6 Å². The van der Waals surface area contributed by atoms with Crippen molar-refractivity contribution in [2.45, 2.75) is 34.6 Å². The minimum atomic E-state index is -0.184. The van der Waals surface area contributed by atoms with Crippen molar-refractivity contribution < 1.29 is 18.7 Å². The van der Waals surface area contributed by atoms with E-state index in [-0.39, 0.29) is 5.91 Å². The molecule has 0 saturated carbocycles. The average Bonchev–Trinajstić information content (AvgIpc) is 3.24. The van der Waals surface area contributed by atoms with Gasteiger partial charge in [-0.05, 0) is 75.6 Å². The summed E-state index contributed by atoms with van der Waals surface area (Å²) in [6.45, 7) is 11.0. The maximum Gasteiger partial charge on any atom is 0.248 e. The Kier molecular flexibility index (Phi) is 7.25. The molecule has 35 heavy (non-hydrogen) atoms. The summed E-state index contributed by atoms with van der Waals surface area (Å²) in [7, 11) is 0. The normalized spacial score (nSPS) is 11.5. The van der Waals surface area contributed by atoms with Crippen molar-refractivity contribution >= 4 is 28.1 Å². The molecule has 1 aromatic heterocycles. The van der Waals surface area contributed by atoms with Crippen LogP contribution in [0.3, 0.4) is 0 Å². The number of allylic oxidation sites excluding steroid dienone is 1. The van der Waals surface area contributed by atoms with Gasteiger partial charge in [-0.15, -0.1) is 0 Å². The van der Waals surface area contributed by atoms with E-state index in [1.165, 1.54) is 0 Å². The Labute approximate surface area is 206 Å². The van der Waals surface area contributed by atoms with E-state index in [0.717, 1.165) is 55.8 Å². The van der Waals surface area contributed by atoms with Crippen LogP contribution in [-0.4, -0.2) is 19.1 Å². The zero-order chi connectivity index (χ0) is 24.9. The van der Waals surface area contributed by atoms with E-state index in [4.69, 9.17) is 13.9 Å². The number of aryl methyl sites for hydroxylation is 2. The predicted molar refractivity (Wildman–Crippen MR) is 142 cm³/mol. The highest BCUT2D eigenvalue weighted by molar-refractivity contribution is 6.05. The molecule has 3 aromatic carbocycles. The van der Waals surface area contributed by atoms with Crippen molar-refractivity contribution in [2.75, 3.05) is 18.5 Å². The van der Waals surface area contributed by atoms with Crippen LogP contribution in [-0.2, 0) is 4.79 Å². The third-order valence-corrected chi connectivity index (χ3v) is 5.86. The van der Waals surface area contributed by atoms with Crippen LogP contribution >= 0.6 is 0 Å². The number of hydrogen-bond donors (Lipinski definition) is 1. The SMILES string of the molecule is CCOc1ccc(-c2coc3cc(OCC)c(/C(C)=C/C(=O)Nc4ccc(C)cc4C)cc23)cc1. The highest BCUT2D eigenvalue weighted by atomic mass is 16.5. The number of ether oxygens (including phenoxy) is 2. The van der Waals surface area contributed by atoms with E-state index < -0.39 is 0 Å². The predicted octanol–water partition coefficient (Wildman–Crippen LogP) is 7.56. The average molecular weight is 470 g/mol. The highest BCUT2D eigenvalue weighted by Gasteiger charge is 2.16. The highest BCUT2D eigenvalue weighted by Crippen LogP contribution is 2.38. The fraction of sp³-hybridized carbons (Fsp3) is 0.233. The fourth-order valence-corrected chi connectivity index (χ4v) is 4.16. The van der Waals surface area contributed by atoms with Crippen LogP contribution in [0.25, 0.3) is 27.7 Å². The summed E-state index contributed by atoms with van der Waals surface area (Å²) in [4.78, 5) is 12.8. The molecule has 0 atom stereocenters. The quantitative estimate of drug-likeness (QED) is 0.271. The topological polar surface area (TPSA) is 60.7 Å². The van der Waals surface area contributed by atoms with E-state index in [0.29, 0.717) is 19.0 Å².